The minimum atomic E-state index is 0.741. The average Bonchev–Trinajstić information content (AvgIpc) is 2.28. The van der Waals surface area contributed by atoms with Crippen molar-refractivity contribution in [3.05, 3.63) is 33.3 Å². The van der Waals surface area contributed by atoms with Gasteiger partial charge in [-0.05, 0) is 48.6 Å². The van der Waals surface area contributed by atoms with Crippen molar-refractivity contribution in [2.45, 2.75) is 18.9 Å². The number of rotatable bonds is 7. The predicted molar refractivity (Wildman–Crippen MR) is 80.6 cm³/mol. The fourth-order valence-corrected chi connectivity index (χ4v) is 3.44. The van der Waals surface area contributed by atoms with Crippen molar-refractivity contribution in [1.29, 1.82) is 0 Å². The zero-order valence-corrected chi connectivity index (χ0v) is 14.5. The number of hydrogen-bond acceptors (Lipinski definition) is 2. The van der Waals surface area contributed by atoms with Gasteiger partial charge >= 0.3 is 0 Å². The maximum absolute atomic E-state index is 5.94. The summed E-state index contributed by atoms with van der Waals surface area (Å²) in [5.41, 5.74) is 1.20. The first-order valence-corrected chi connectivity index (χ1v) is 8.92. The summed E-state index contributed by atoms with van der Waals surface area (Å²) in [6, 6.07) is 7.20. The van der Waals surface area contributed by atoms with Gasteiger partial charge in [-0.15, -0.1) is 0 Å². The molecule has 1 nitrogen and oxygen atoms in total. The molecule has 0 atom stereocenters. The standard InChI is InChI=1S/C11H16BrClOSSi/c12-11-3-2-10(13)8-9(11)4-5-14-15-6-1-7-16/h2-3,8H,1,4-7H2,16H3. The van der Waals surface area contributed by atoms with Crippen LogP contribution in [0.1, 0.15) is 12.0 Å². The lowest BCUT2D eigenvalue weighted by molar-refractivity contribution is 0.378. The molecular formula is C11H16BrClOSSi. The van der Waals surface area contributed by atoms with E-state index in [1.54, 1.807) is 12.0 Å². The van der Waals surface area contributed by atoms with E-state index in [0.717, 1.165) is 28.3 Å². The van der Waals surface area contributed by atoms with E-state index in [0.29, 0.717) is 0 Å². The molecule has 16 heavy (non-hydrogen) atoms. The van der Waals surface area contributed by atoms with Crippen molar-refractivity contribution in [2.24, 2.45) is 0 Å². The van der Waals surface area contributed by atoms with Crippen molar-refractivity contribution < 1.29 is 4.18 Å². The lowest BCUT2D eigenvalue weighted by atomic mass is 10.2. The molecule has 0 aromatic heterocycles. The fraction of sp³-hybridized carbons (Fsp3) is 0.455. The molecule has 0 aliphatic rings. The summed E-state index contributed by atoms with van der Waals surface area (Å²) in [6.07, 6.45) is 2.17. The third-order valence-electron chi connectivity index (χ3n) is 2.13. The maximum atomic E-state index is 5.94. The number of benzene rings is 1. The molecule has 0 saturated heterocycles. The third-order valence-corrected chi connectivity index (χ3v) is 4.63. The highest BCUT2D eigenvalue weighted by Gasteiger charge is 2.01. The van der Waals surface area contributed by atoms with Crippen LogP contribution in [0.25, 0.3) is 0 Å². The van der Waals surface area contributed by atoms with Crippen molar-refractivity contribution in [3.63, 3.8) is 0 Å². The second-order valence-electron chi connectivity index (χ2n) is 3.48. The number of hydrogen-bond donors (Lipinski definition) is 0. The first-order chi connectivity index (χ1) is 7.74. The second-order valence-corrected chi connectivity index (χ2v) is 6.65. The molecule has 0 amide bonds. The van der Waals surface area contributed by atoms with Crippen LogP contribution in [-0.2, 0) is 10.6 Å². The summed E-state index contributed by atoms with van der Waals surface area (Å²) in [4.78, 5) is 0. The average molecular weight is 340 g/mol. The van der Waals surface area contributed by atoms with Crippen LogP contribution in [0, 0.1) is 0 Å². The maximum Gasteiger partial charge on any atom is 0.0654 e. The quantitative estimate of drug-likeness (QED) is 0.427. The molecule has 0 unspecified atom stereocenters. The normalized spacial score (nSPS) is 10.9. The SMILES string of the molecule is [SiH3]CCCSOCCc1cc(Cl)ccc1Br. The molecule has 1 aromatic carbocycles. The molecule has 0 saturated carbocycles. The predicted octanol–water partition coefficient (Wildman–Crippen LogP) is 3.48. The number of halogens is 2. The van der Waals surface area contributed by atoms with Crippen LogP contribution >= 0.6 is 39.6 Å². The van der Waals surface area contributed by atoms with Crippen molar-refractivity contribution in [1.82, 2.24) is 0 Å². The summed E-state index contributed by atoms with van der Waals surface area (Å²) in [7, 11) is 1.30. The van der Waals surface area contributed by atoms with Crippen molar-refractivity contribution in [3.8, 4) is 0 Å². The monoisotopic (exact) mass is 338 g/mol. The molecule has 90 valence electrons. The van der Waals surface area contributed by atoms with E-state index in [2.05, 4.69) is 15.9 Å². The van der Waals surface area contributed by atoms with Gasteiger partial charge in [-0.25, -0.2) is 0 Å². The summed E-state index contributed by atoms with van der Waals surface area (Å²) >= 11 is 11.0. The van der Waals surface area contributed by atoms with Gasteiger partial charge in [-0.3, -0.25) is 0 Å². The fourth-order valence-electron chi connectivity index (χ4n) is 1.21. The zero-order valence-electron chi connectivity index (χ0n) is 9.34. The van der Waals surface area contributed by atoms with Gasteiger partial charge in [0.2, 0.25) is 0 Å². The van der Waals surface area contributed by atoms with Crippen LogP contribution in [0.5, 0.6) is 0 Å². The highest BCUT2D eigenvalue weighted by molar-refractivity contribution is 9.10. The molecular weight excluding hydrogens is 324 g/mol. The van der Waals surface area contributed by atoms with Crippen molar-refractivity contribution >= 4 is 49.8 Å². The van der Waals surface area contributed by atoms with Crippen molar-refractivity contribution in [2.75, 3.05) is 12.4 Å². The summed E-state index contributed by atoms with van der Waals surface area (Å²) in [6.45, 7) is 0.741. The van der Waals surface area contributed by atoms with Gasteiger partial charge in [0.1, 0.15) is 0 Å². The van der Waals surface area contributed by atoms with E-state index in [1.165, 1.54) is 28.3 Å². The van der Waals surface area contributed by atoms with E-state index < -0.39 is 0 Å². The Morgan fingerprint density at radius 1 is 1.44 bits per heavy atom. The smallest absolute Gasteiger partial charge is 0.0654 e. The van der Waals surface area contributed by atoms with Crippen LogP contribution in [0.2, 0.25) is 11.1 Å². The van der Waals surface area contributed by atoms with E-state index in [-0.39, 0.29) is 0 Å². The Labute approximate surface area is 118 Å². The van der Waals surface area contributed by atoms with Gasteiger partial charge in [0.15, 0.2) is 0 Å². The lowest BCUT2D eigenvalue weighted by Gasteiger charge is -2.05. The van der Waals surface area contributed by atoms with E-state index in [1.807, 2.05) is 18.2 Å². The Hall–Kier alpha value is 0.517. The van der Waals surface area contributed by atoms with Crippen LogP contribution in [0.4, 0.5) is 0 Å². The Morgan fingerprint density at radius 3 is 3.00 bits per heavy atom. The Bertz CT molecular complexity index is 325. The molecule has 1 rings (SSSR count). The largest absolute Gasteiger partial charge is 0.315 e. The molecule has 5 heteroatoms. The molecule has 0 bridgehead atoms. The highest BCUT2D eigenvalue weighted by Crippen LogP contribution is 2.22. The minimum absolute atomic E-state index is 0.741. The first-order valence-electron chi connectivity index (χ1n) is 5.42. The van der Waals surface area contributed by atoms with E-state index in [4.69, 9.17) is 15.8 Å². The lowest BCUT2D eigenvalue weighted by Crippen LogP contribution is -1.95. The summed E-state index contributed by atoms with van der Waals surface area (Å²) < 4.78 is 6.60. The molecule has 0 fully saturated rings. The highest BCUT2D eigenvalue weighted by atomic mass is 79.9. The van der Waals surface area contributed by atoms with Gasteiger partial charge in [0, 0.05) is 25.5 Å². The van der Waals surface area contributed by atoms with Crippen LogP contribution in [0.3, 0.4) is 0 Å². The topological polar surface area (TPSA) is 9.23 Å². The Balaban J connectivity index is 2.23. The van der Waals surface area contributed by atoms with Crippen LogP contribution in [0.15, 0.2) is 22.7 Å². The van der Waals surface area contributed by atoms with E-state index >= 15 is 0 Å². The zero-order chi connectivity index (χ0) is 11.8. The summed E-state index contributed by atoms with van der Waals surface area (Å²) in [5, 5.41) is 0.779. The molecule has 0 radical (unpaired) electrons. The molecule has 1 aromatic rings. The Morgan fingerprint density at radius 2 is 2.25 bits per heavy atom. The van der Waals surface area contributed by atoms with Gasteiger partial charge in [0.25, 0.3) is 0 Å². The van der Waals surface area contributed by atoms with E-state index in [9.17, 15) is 0 Å². The summed E-state index contributed by atoms with van der Waals surface area (Å²) in [5.74, 6) is 1.11. The van der Waals surface area contributed by atoms with Gasteiger partial charge in [-0.2, -0.15) is 0 Å². The third kappa shape index (κ3) is 5.73. The molecule has 0 spiro atoms. The molecule has 0 N–H and O–H groups in total. The van der Waals surface area contributed by atoms with Gasteiger partial charge in [-0.1, -0.05) is 33.6 Å². The molecule has 0 aliphatic heterocycles. The van der Waals surface area contributed by atoms with Crippen LogP contribution in [-0.4, -0.2) is 22.6 Å². The minimum Gasteiger partial charge on any atom is -0.315 e. The molecule has 0 aliphatic carbocycles. The second kappa shape index (κ2) is 8.58. The Kier molecular flexibility index (Phi) is 7.82. The van der Waals surface area contributed by atoms with Gasteiger partial charge in [0.05, 0.1) is 6.61 Å². The van der Waals surface area contributed by atoms with Crippen LogP contribution < -0.4 is 0 Å². The first kappa shape index (κ1) is 14.6. The molecule has 0 heterocycles. The van der Waals surface area contributed by atoms with Gasteiger partial charge < -0.3 is 4.18 Å².